The van der Waals surface area contributed by atoms with Gasteiger partial charge in [-0.2, -0.15) is 0 Å². The summed E-state index contributed by atoms with van der Waals surface area (Å²) < 4.78 is 25.2. The summed E-state index contributed by atoms with van der Waals surface area (Å²) in [6, 6.07) is 9.60. The predicted octanol–water partition coefficient (Wildman–Crippen LogP) is 2.60. The van der Waals surface area contributed by atoms with Crippen molar-refractivity contribution in [1.82, 2.24) is 0 Å². The summed E-state index contributed by atoms with van der Waals surface area (Å²) >= 11 is 0. The van der Waals surface area contributed by atoms with Crippen LogP contribution in [0.1, 0.15) is 18.4 Å². The number of hydrogen-bond acceptors (Lipinski definition) is 3. The number of aliphatic carboxylic acids is 1. The molecule has 0 aliphatic carbocycles. The molecule has 0 radical (unpaired) electrons. The molecule has 3 N–H and O–H groups in total. The minimum atomic E-state index is -3.10. The topological polar surface area (TPSA) is 75.7 Å². The van der Waals surface area contributed by atoms with Gasteiger partial charge in [0.25, 0.3) is 6.43 Å². The van der Waals surface area contributed by atoms with E-state index >= 15 is 0 Å². The third-order valence-corrected chi connectivity index (χ3v) is 2.94. The highest BCUT2D eigenvalue weighted by atomic mass is 19.3. The Hall–Kier alpha value is -2.08. The molecular weight excluding hydrogens is 278 g/mol. The minimum absolute atomic E-state index is 0.183. The monoisotopic (exact) mass is 296 g/mol. The molecule has 1 atom stereocenters. The molecule has 0 amide bonds. The Labute approximate surface area is 122 Å². The van der Waals surface area contributed by atoms with Crippen molar-refractivity contribution < 1.29 is 18.7 Å². The summed E-state index contributed by atoms with van der Waals surface area (Å²) in [7, 11) is 0. The lowest BCUT2D eigenvalue weighted by molar-refractivity contribution is -0.150. The first kappa shape index (κ1) is 17.0. The number of hydrogen-bond donors (Lipinski definition) is 2. The van der Waals surface area contributed by atoms with E-state index in [0.29, 0.717) is 0 Å². The van der Waals surface area contributed by atoms with Crippen LogP contribution in [-0.2, 0) is 4.79 Å². The minimum Gasteiger partial charge on any atom is -0.480 e. The third-order valence-electron chi connectivity index (χ3n) is 2.94. The van der Waals surface area contributed by atoms with Crippen LogP contribution >= 0.6 is 0 Å². The molecular formula is C15H18F2N2O2. The van der Waals surface area contributed by atoms with E-state index < -0.39 is 17.9 Å². The van der Waals surface area contributed by atoms with E-state index in [2.05, 4.69) is 4.99 Å². The average molecular weight is 296 g/mol. The maximum atomic E-state index is 12.6. The van der Waals surface area contributed by atoms with E-state index in [9.17, 15) is 13.6 Å². The number of benzene rings is 1. The van der Waals surface area contributed by atoms with Crippen molar-refractivity contribution in [3.05, 3.63) is 42.0 Å². The fraction of sp³-hybridized carbons (Fsp3) is 0.333. The highest BCUT2D eigenvalue weighted by Gasteiger charge is 2.43. The van der Waals surface area contributed by atoms with Gasteiger partial charge in [-0.1, -0.05) is 36.4 Å². The smallest absolute Gasteiger partial charge is 0.329 e. The van der Waals surface area contributed by atoms with Crippen LogP contribution in [0.5, 0.6) is 0 Å². The SMILES string of the molecule is NC(CCCN=C/C=C/c1ccccc1)(C(=O)O)C(F)F. The second-order valence-corrected chi connectivity index (χ2v) is 4.57. The molecule has 4 nitrogen and oxygen atoms in total. The van der Waals surface area contributed by atoms with Gasteiger partial charge in [0.05, 0.1) is 0 Å². The van der Waals surface area contributed by atoms with E-state index in [-0.39, 0.29) is 19.4 Å². The van der Waals surface area contributed by atoms with Crippen LogP contribution in [0.15, 0.2) is 41.4 Å². The van der Waals surface area contributed by atoms with Crippen molar-refractivity contribution in [1.29, 1.82) is 0 Å². The predicted molar refractivity (Wildman–Crippen MR) is 78.6 cm³/mol. The number of alkyl halides is 2. The van der Waals surface area contributed by atoms with Gasteiger partial charge in [-0.05, 0) is 24.5 Å². The molecule has 1 rings (SSSR count). The van der Waals surface area contributed by atoms with Crippen LogP contribution in [0.4, 0.5) is 8.78 Å². The molecule has 0 aliphatic heterocycles. The number of allylic oxidation sites excluding steroid dienone is 1. The molecule has 6 heteroatoms. The number of rotatable bonds is 8. The van der Waals surface area contributed by atoms with Crippen molar-refractivity contribution >= 4 is 18.3 Å². The Bertz CT molecular complexity index is 504. The van der Waals surface area contributed by atoms with Gasteiger partial charge in [-0.15, -0.1) is 0 Å². The van der Waals surface area contributed by atoms with Gasteiger partial charge in [0.1, 0.15) is 0 Å². The average Bonchev–Trinajstić information content (AvgIpc) is 2.46. The maximum Gasteiger partial charge on any atom is 0.329 e. The Balaban J connectivity index is 2.35. The van der Waals surface area contributed by atoms with Crippen LogP contribution in [0, 0.1) is 0 Å². The van der Waals surface area contributed by atoms with Crippen LogP contribution in [0.3, 0.4) is 0 Å². The lowest BCUT2D eigenvalue weighted by Crippen LogP contribution is -2.54. The first-order valence-electron chi connectivity index (χ1n) is 6.49. The van der Waals surface area contributed by atoms with E-state index in [0.717, 1.165) is 5.56 Å². The zero-order valence-electron chi connectivity index (χ0n) is 11.5. The van der Waals surface area contributed by atoms with Crippen LogP contribution in [0.2, 0.25) is 0 Å². The number of nitrogens with zero attached hydrogens (tertiary/aromatic N) is 1. The van der Waals surface area contributed by atoms with Gasteiger partial charge in [-0.3, -0.25) is 4.99 Å². The zero-order valence-corrected chi connectivity index (χ0v) is 11.5. The molecule has 0 spiro atoms. The quantitative estimate of drug-likeness (QED) is 0.572. The number of nitrogens with two attached hydrogens (primary N) is 1. The lowest BCUT2D eigenvalue weighted by Gasteiger charge is -2.22. The van der Waals surface area contributed by atoms with Crippen LogP contribution in [0.25, 0.3) is 6.08 Å². The molecule has 1 aromatic rings. The van der Waals surface area contributed by atoms with Crippen LogP contribution < -0.4 is 5.73 Å². The maximum absolute atomic E-state index is 12.6. The first-order valence-corrected chi connectivity index (χ1v) is 6.49. The second-order valence-electron chi connectivity index (χ2n) is 4.57. The van der Waals surface area contributed by atoms with Crippen molar-refractivity contribution in [3.8, 4) is 0 Å². The largest absolute Gasteiger partial charge is 0.480 e. The third kappa shape index (κ3) is 5.43. The number of carboxylic acids is 1. The standard InChI is InChI=1S/C15H18F2N2O2/c16-13(17)15(18,14(20)21)9-5-11-19-10-4-8-12-6-2-1-3-7-12/h1-4,6-8,10,13H,5,9,11,18H2,(H,20,21)/b8-4+,19-10?. The summed E-state index contributed by atoms with van der Waals surface area (Å²) in [6.45, 7) is 0.248. The van der Waals surface area contributed by atoms with Crippen molar-refractivity contribution in [2.45, 2.75) is 24.8 Å². The fourth-order valence-corrected chi connectivity index (χ4v) is 1.63. The van der Waals surface area contributed by atoms with Gasteiger partial charge in [-0.25, -0.2) is 13.6 Å². The Morgan fingerprint density at radius 3 is 2.62 bits per heavy atom. The van der Waals surface area contributed by atoms with E-state index in [1.165, 1.54) is 0 Å². The molecule has 0 heterocycles. The fourth-order valence-electron chi connectivity index (χ4n) is 1.63. The number of carbonyl (C=O) groups is 1. The van der Waals surface area contributed by atoms with Gasteiger partial charge in [0.15, 0.2) is 5.54 Å². The summed E-state index contributed by atoms with van der Waals surface area (Å²) in [5, 5.41) is 8.72. The van der Waals surface area contributed by atoms with Gasteiger partial charge in [0, 0.05) is 12.8 Å². The molecule has 0 saturated carbocycles. The lowest BCUT2D eigenvalue weighted by atomic mass is 9.95. The van der Waals surface area contributed by atoms with E-state index in [1.54, 1.807) is 12.3 Å². The van der Waals surface area contributed by atoms with Crippen molar-refractivity contribution in [2.24, 2.45) is 10.7 Å². The molecule has 0 bridgehead atoms. The Morgan fingerprint density at radius 2 is 2.05 bits per heavy atom. The number of aliphatic imine (C=N–C) groups is 1. The van der Waals surface area contributed by atoms with E-state index in [4.69, 9.17) is 10.8 Å². The van der Waals surface area contributed by atoms with Crippen molar-refractivity contribution in [3.63, 3.8) is 0 Å². The molecule has 0 fully saturated rings. The summed E-state index contributed by atoms with van der Waals surface area (Å²) in [5.41, 5.74) is 3.72. The molecule has 1 aromatic carbocycles. The zero-order chi connectivity index (χ0) is 15.7. The molecule has 0 aromatic heterocycles. The summed E-state index contributed by atoms with van der Waals surface area (Å²) in [6.07, 6.45) is 1.90. The Morgan fingerprint density at radius 1 is 1.38 bits per heavy atom. The van der Waals surface area contributed by atoms with Gasteiger partial charge < -0.3 is 10.8 Å². The van der Waals surface area contributed by atoms with Gasteiger partial charge >= 0.3 is 5.97 Å². The number of halogens is 2. The van der Waals surface area contributed by atoms with Gasteiger partial charge in [0.2, 0.25) is 0 Å². The van der Waals surface area contributed by atoms with Crippen molar-refractivity contribution in [2.75, 3.05) is 6.54 Å². The Kier molecular flexibility index (Phi) is 6.68. The summed E-state index contributed by atoms with van der Waals surface area (Å²) in [4.78, 5) is 14.7. The molecule has 0 saturated heterocycles. The molecule has 21 heavy (non-hydrogen) atoms. The normalized spacial score (nSPS) is 14.9. The highest BCUT2D eigenvalue weighted by molar-refractivity contribution is 5.79. The van der Waals surface area contributed by atoms with Crippen LogP contribution in [-0.4, -0.2) is 35.8 Å². The molecule has 0 aliphatic rings. The number of carboxylic acid groups (broad SMARTS) is 1. The molecule has 114 valence electrons. The summed E-state index contributed by atoms with van der Waals surface area (Å²) in [5.74, 6) is -1.69. The highest BCUT2D eigenvalue weighted by Crippen LogP contribution is 2.19. The first-order chi connectivity index (χ1) is 9.97. The molecule has 1 unspecified atom stereocenters. The van der Waals surface area contributed by atoms with E-state index in [1.807, 2.05) is 36.4 Å². The second kappa shape index (κ2) is 8.26.